The minimum Gasteiger partial charge on any atom is -0.492 e. The Morgan fingerprint density at radius 1 is 1.09 bits per heavy atom. The monoisotopic (exact) mass is 430 g/mol. The number of fused-ring (bicyclic) bond motifs is 2. The summed E-state index contributed by atoms with van der Waals surface area (Å²) < 4.78 is 11.3. The number of nitrogens with zero attached hydrogens (tertiary/aromatic N) is 4. The number of ether oxygens (including phenoxy) is 2. The molecular formula is C24H26N6O2. The van der Waals surface area contributed by atoms with Gasteiger partial charge in [0.25, 0.3) is 0 Å². The Bertz CT molecular complexity index is 1110. The molecule has 2 aliphatic rings. The molecule has 8 heteroatoms. The van der Waals surface area contributed by atoms with Crippen molar-refractivity contribution in [1.82, 2.24) is 14.9 Å². The van der Waals surface area contributed by atoms with Gasteiger partial charge in [-0.3, -0.25) is 4.90 Å². The Hall–Kier alpha value is -3.49. The molecule has 1 aromatic heterocycles. The smallest absolute Gasteiger partial charge is 0.229 e. The Labute approximate surface area is 187 Å². The molecule has 1 fully saturated rings. The molecule has 3 aromatic rings. The zero-order valence-corrected chi connectivity index (χ0v) is 18.0. The second-order valence-electron chi connectivity index (χ2n) is 7.75. The van der Waals surface area contributed by atoms with Crippen LogP contribution in [-0.2, 0) is 4.74 Å². The van der Waals surface area contributed by atoms with Crippen LogP contribution in [0.15, 0.2) is 59.7 Å². The topological polar surface area (TPSA) is 83.9 Å². The Morgan fingerprint density at radius 2 is 1.91 bits per heavy atom. The van der Waals surface area contributed by atoms with Crippen LogP contribution < -0.4 is 15.4 Å². The van der Waals surface area contributed by atoms with Crippen LogP contribution in [0.5, 0.6) is 5.75 Å². The molecule has 0 atom stereocenters. The molecule has 1 saturated heterocycles. The average Bonchev–Trinajstić information content (AvgIpc) is 2.96. The van der Waals surface area contributed by atoms with Gasteiger partial charge in [-0.05, 0) is 37.3 Å². The minimum atomic E-state index is 0.504. The third-order valence-electron chi connectivity index (χ3n) is 5.52. The van der Waals surface area contributed by atoms with Gasteiger partial charge >= 0.3 is 0 Å². The molecule has 0 spiro atoms. The van der Waals surface area contributed by atoms with Crippen LogP contribution >= 0.6 is 0 Å². The van der Waals surface area contributed by atoms with E-state index in [1.54, 1.807) is 6.20 Å². The van der Waals surface area contributed by atoms with Gasteiger partial charge in [-0.2, -0.15) is 4.98 Å². The van der Waals surface area contributed by atoms with E-state index >= 15 is 0 Å². The summed E-state index contributed by atoms with van der Waals surface area (Å²) in [5.41, 5.74) is 4.58. The fourth-order valence-electron chi connectivity index (χ4n) is 3.77. The Morgan fingerprint density at radius 3 is 2.75 bits per heavy atom. The zero-order chi connectivity index (χ0) is 21.8. The third-order valence-corrected chi connectivity index (χ3v) is 5.52. The van der Waals surface area contributed by atoms with E-state index in [9.17, 15) is 0 Å². The highest BCUT2D eigenvalue weighted by Gasteiger charge is 2.15. The lowest BCUT2D eigenvalue weighted by Crippen LogP contribution is -2.38. The van der Waals surface area contributed by atoms with Crippen LogP contribution in [0.3, 0.4) is 0 Å². The van der Waals surface area contributed by atoms with Crippen molar-refractivity contribution in [3.8, 4) is 5.75 Å². The number of hydrogen-bond donors (Lipinski definition) is 2. The number of aromatic nitrogens is 2. The van der Waals surface area contributed by atoms with E-state index in [1.807, 2.05) is 55.5 Å². The van der Waals surface area contributed by atoms with E-state index in [2.05, 4.69) is 30.5 Å². The first-order valence-corrected chi connectivity index (χ1v) is 10.8. The summed E-state index contributed by atoms with van der Waals surface area (Å²) in [7, 11) is 0. The summed E-state index contributed by atoms with van der Waals surface area (Å²) in [5.74, 6) is 2.02. The lowest BCUT2D eigenvalue weighted by Gasteiger charge is -2.26. The second-order valence-corrected chi connectivity index (χ2v) is 7.75. The highest BCUT2D eigenvalue weighted by molar-refractivity contribution is 6.07. The molecule has 0 radical (unpaired) electrons. The molecule has 2 N–H and O–H groups in total. The summed E-state index contributed by atoms with van der Waals surface area (Å²) in [6.07, 6.45) is 1.73. The number of nitrogens with one attached hydrogen (secondary N) is 2. The number of rotatable bonds is 6. The van der Waals surface area contributed by atoms with Gasteiger partial charge in [-0.15, -0.1) is 0 Å². The van der Waals surface area contributed by atoms with Crippen molar-refractivity contribution >= 4 is 34.5 Å². The van der Waals surface area contributed by atoms with Crippen LogP contribution in [0.25, 0.3) is 0 Å². The number of anilines is 4. The van der Waals surface area contributed by atoms with Crippen molar-refractivity contribution in [2.24, 2.45) is 4.99 Å². The Balaban J connectivity index is 1.22. The normalized spacial score (nSPS) is 15.6. The number of benzene rings is 2. The van der Waals surface area contributed by atoms with Gasteiger partial charge in [0.15, 0.2) is 5.82 Å². The van der Waals surface area contributed by atoms with Crippen molar-refractivity contribution in [3.63, 3.8) is 0 Å². The number of aliphatic imine (C=N–C) groups is 1. The van der Waals surface area contributed by atoms with Crippen LogP contribution in [0, 0.1) is 0 Å². The number of para-hydroxylation sites is 1. The van der Waals surface area contributed by atoms with Crippen molar-refractivity contribution in [2.75, 3.05) is 50.1 Å². The largest absolute Gasteiger partial charge is 0.492 e. The molecule has 0 amide bonds. The van der Waals surface area contributed by atoms with Gasteiger partial charge in [0.1, 0.15) is 18.0 Å². The van der Waals surface area contributed by atoms with E-state index < -0.39 is 0 Å². The van der Waals surface area contributed by atoms with Gasteiger partial charge in [0, 0.05) is 42.3 Å². The maximum atomic E-state index is 5.88. The summed E-state index contributed by atoms with van der Waals surface area (Å²) in [5, 5.41) is 6.64. The molecule has 0 aliphatic carbocycles. The third kappa shape index (κ3) is 4.71. The summed E-state index contributed by atoms with van der Waals surface area (Å²) in [6, 6.07) is 15.9. The van der Waals surface area contributed by atoms with Crippen LogP contribution in [0.1, 0.15) is 12.5 Å². The van der Waals surface area contributed by atoms with Crippen molar-refractivity contribution < 1.29 is 9.47 Å². The first-order chi connectivity index (χ1) is 15.7. The van der Waals surface area contributed by atoms with E-state index in [0.717, 1.165) is 61.2 Å². The van der Waals surface area contributed by atoms with Crippen LogP contribution in [0.4, 0.5) is 28.8 Å². The SMILES string of the molecule is CC1=Nc2cnc(Nc3ccc(OCCN4CCOCC4)cc3)nc2Nc2ccccc21. The molecule has 0 saturated carbocycles. The fraction of sp³-hybridized carbons (Fsp3) is 0.292. The fourth-order valence-corrected chi connectivity index (χ4v) is 3.77. The molecule has 32 heavy (non-hydrogen) atoms. The van der Waals surface area contributed by atoms with E-state index in [0.29, 0.717) is 24.1 Å². The van der Waals surface area contributed by atoms with Gasteiger partial charge in [0.05, 0.1) is 19.4 Å². The van der Waals surface area contributed by atoms with E-state index in [-0.39, 0.29) is 0 Å². The van der Waals surface area contributed by atoms with Crippen LogP contribution in [0.2, 0.25) is 0 Å². The van der Waals surface area contributed by atoms with Crippen molar-refractivity contribution in [3.05, 3.63) is 60.3 Å². The minimum absolute atomic E-state index is 0.504. The highest BCUT2D eigenvalue weighted by Crippen LogP contribution is 2.33. The molecule has 2 aromatic carbocycles. The van der Waals surface area contributed by atoms with Gasteiger partial charge in [-0.25, -0.2) is 9.98 Å². The van der Waals surface area contributed by atoms with Gasteiger partial charge in [0.2, 0.25) is 5.95 Å². The molecule has 164 valence electrons. The number of morpholine rings is 1. The summed E-state index contributed by atoms with van der Waals surface area (Å²) in [4.78, 5) is 16.1. The summed E-state index contributed by atoms with van der Waals surface area (Å²) in [6.45, 7) is 7.11. The molecule has 3 heterocycles. The number of hydrogen-bond acceptors (Lipinski definition) is 8. The molecule has 0 bridgehead atoms. The summed E-state index contributed by atoms with van der Waals surface area (Å²) >= 11 is 0. The maximum Gasteiger partial charge on any atom is 0.229 e. The lowest BCUT2D eigenvalue weighted by atomic mass is 10.1. The average molecular weight is 431 g/mol. The first-order valence-electron chi connectivity index (χ1n) is 10.8. The second kappa shape index (κ2) is 9.33. The predicted octanol–water partition coefficient (Wildman–Crippen LogP) is 4.13. The molecule has 8 nitrogen and oxygen atoms in total. The highest BCUT2D eigenvalue weighted by atomic mass is 16.5. The molecule has 2 aliphatic heterocycles. The van der Waals surface area contributed by atoms with Gasteiger partial charge in [-0.1, -0.05) is 18.2 Å². The van der Waals surface area contributed by atoms with E-state index in [4.69, 9.17) is 9.47 Å². The standard InChI is InChI=1S/C24H26N6O2/c1-17-20-4-2-3-5-21(20)28-23-22(26-17)16-25-24(29-23)27-18-6-8-19(9-7-18)32-15-12-30-10-13-31-14-11-30/h2-9,16H,10-15H2,1H3,(H2,25,27,28,29). The quantitative estimate of drug-likeness (QED) is 0.608. The first kappa shape index (κ1) is 20.4. The molecule has 5 rings (SSSR count). The molecule has 0 unspecified atom stereocenters. The van der Waals surface area contributed by atoms with Crippen molar-refractivity contribution in [2.45, 2.75) is 6.92 Å². The van der Waals surface area contributed by atoms with E-state index in [1.165, 1.54) is 0 Å². The van der Waals surface area contributed by atoms with Crippen LogP contribution in [-0.4, -0.2) is 60.0 Å². The molecular weight excluding hydrogens is 404 g/mol. The lowest BCUT2D eigenvalue weighted by molar-refractivity contribution is 0.0322. The predicted molar refractivity (Wildman–Crippen MR) is 126 cm³/mol. The van der Waals surface area contributed by atoms with Crippen molar-refractivity contribution in [1.29, 1.82) is 0 Å². The zero-order valence-electron chi connectivity index (χ0n) is 18.0. The Kier molecular flexibility index (Phi) is 5.96. The maximum absolute atomic E-state index is 5.88. The van der Waals surface area contributed by atoms with Gasteiger partial charge < -0.3 is 20.1 Å².